The molecule has 0 saturated heterocycles. The second-order valence-corrected chi connectivity index (χ2v) is 6.36. The number of nitrogens with one attached hydrogen (secondary N) is 1. The molecule has 0 radical (unpaired) electrons. The van der Waals surface area contributed by atoms with Crippen molar-refractivity contribution in [3.8, 4) is 6.07 Å². The van der Waals surface area contributed by atoms with Crippen LogP contribution < -0.4 is 10.5 Å². The first-order valence-corrected chi connectivity index (χ1v) is 7.64. The number of hydrogen-bond acceptors (Lipinski definition) is 5. The molecular weight excluding hydrogens is 314 g/mol. The average Bonchev–Trinajstić information content (AvgIpc) is 2.63. The molecule has 1 aromatic carbocycles. The minimum absolute atomic E-state index is 0.0783. The van der Waals surface area contributed by atoms with Crippen molar-refractivity contribution in [1.29, 1.82) is 5.26 Å². The molecule has 2 rings (SSSR count). The Labute approximate surface area is 127 Å². The molecule has 0 amide bonds. The smallest absolute Gasteiger partial charge is 0.267 e. The summed E-state index contributed by atoms with van der Waals surface area (Å²) >= 11 is 5.87. The molecule has 0 spiro atoms. The number of nitrogens with zero attached hydrogens (tertiary/aromatic N) is 3. The van der Waals surface area contributed by atoms with Crippen LogP contribution in [0.25, 0.3) is 0 Å². The van der Waals surface area contributed by atoms with Crippen LogP contribution >= 0.6 is 11.6 Å². The van der Waals surface area contributed by atoms with Crippen LogP contribution in [0.15, 0.2) is 23.1 Å². The Morgan fingerprint density at radius 1 is 1.48 bits per heavy atom. The van der Waals surface area contributed by atoms with Gasteiger partial charge in [-0.15, -0.1) is 0 Å². The van der Waals surface area contributed by atoms with Crippen LogP contribution in [-0.2, 0) is 17.1 Å². The first-order chi connectivity index (χ1) is 9.76. The third-order valence-electron chi connectivity index (χ3n) is 2.91. The van der Waals surface area contributed by atoms with Gasteiger partial charge in [-0.25, -0.2) is 8.42 Å². The second kappa shape index (κ2) is 5.27. The lowest BCUT2D eigenvalue weighted by Crippen LogP contribution is -2.15. The Balaban J connectivity index is 2.43. The van der Waals surface area contributed by atoms with E-state index >= 15 is 0 Å². The highest BCUT2D eigenvalue weighted by molar-refractivity contribution is 7.93. The van der Waals surface area contributed by atoms with Gasteiger partial charge in [-0.3, -0.25) is 9.40 Å². The number of benzene rings is 1. The molecular formula is C12H12ClN5O2S. The van der Waals surface area contributed by atoms with Crippen molar-refractivity contribution in [1.82, 2.24) is 9.78 Å². The van der Waals surface area contributed by atoms with E-state index in [2.05, 4.69) is 9.82 Å². The molecule has 0 bridgehead atoms. The van der Waals surface area contributed by atoms with Crippen molar-refractivity contribution in [3.05, 3.63) is 34.5 Å². The maximum Gasteiger partial charge on any atom is 0.267 e. The summed E-state index contributed by atoms with van der Waals surface area (Å²) in [6.45, 7) is 1.60. The van der Waals surface area contributed by atoms with E-state index in [0.29, 0.717) is 5.69 Å². The zero-order chi connectivity index (χ0) is 15.8. The van der Waals surface area contributed by atoms with Crippen molar-refractivity contribution < 1.29 is 8.42 Å². The summed E-state index contributed by atoms with van der Waals surface area (Å²) in [5.41, 5.74) is 6.55. The Kier molecular flexibility index (Phi) is 3.80. The highest BCUT2D eigenvalue weighted by Crippen LogP contribution is 2.26. The lowest BCUT2D eigenvalue weighted by molar-refractivity contribution is 0.600. The number of nitrogen functional groups attached to an aromatic ring is 1. The molecule has 3 N–H and O–H groups in total. The van der Waals surface area contributed by atoms with Crippen molar-refractivity contribution in [2.24, 2.45) is 7.05 Å². The van der Waals surface area contributed by atoms with E-state index in [1.54, 1.807) is 14.0 Å². The van der Waals surface area contributed by atoms with Gasteiger partial charge in [-0.2, -0.15) is 10.4 Å². The molecule has 2 aromatic rings. The Bertz CT molecular complexity index is 851. The van der Waals surface area contributed by atoms with Crippen LogP contribution in [0, 0.1) is 18.3 Å². The molecule has 21 heavy (non-hydrogen) atoms. The molecule has 0 aliphatic heterocycles. The van der Waals surface area contributed by atoms with Crippen LogP contribution in [0.3, 0.4) is 0 Å². The highest BCUT2D eigenvalue weighted by Gasteiger charge is 2.24. The lowest BCUT2D eigenvalue weighted by atomic mass is 10.2. The summed E-state index contributed by atoms with van der Waals surface area (Å²) in [4.78, 5) is -0.0783. The molecule has 0 saturated carbocycles. The molecule has 0 atom stereocenters. The summed E-state index contributed by atoms with van der Waals surface area (Å²) in [5.74, 6) is -0.0813. The zero-order valence-electron chi connectivity index (χ0n) is 11.3. The number of anilines is 2. The van der Waals surface area contributed by atoms with E-state index in [-0.39, 0.29) is 27.0 Å². The third-order valence-corrected chi connectivity index (χ3v) is 4.77. The molecule has 0 fully saturated rings. The average molecular weight is 326 g/mol. The number of sulfonamides is 1. The summed E-state index contributed by atoms with van der Waals surface area (Å²) in [6.07, 6.45) is 0. The van der Waals surface area contributed by atoms with Crippen LogP contribution in [0.2, 0.25) is 5.02 Å². The molecule has 0 aliphatic carbocycles. The number of halogens is 1. The van der Waals surface area contributed by atoms with Crippen molar-refractivity contribution in [2.75, 3.05) is 10.5 Å². The number of aromatic nitrogens is 2. The van der Waals surface area contributed by atoms with Crippen LogP contribution in [0.5, 0.6) is 0 Å². The monoisotopic (exact) mass is 325 g/mol. The van der Waals surface area contributed by atoms with Gasteiger partial charge in [-0.05, 0) is 25.1 Å². The molecule has 1 heterocycles. The van der Waals surface area contributed by atoms with Crippen molar-refractivity contribution in [3.63, 3.8) is 0 Å². The first kappa shape index (κ1) is 15.2. The van der Waals surface area contributed by atoms with Gasteiger partial charge in [0.05, 0.1) is 22.0 Å². The number of aryl methyl sites for hydroxylation is 1. The summed E-state index contributed by atoms with van der Waals surface area (Å²) < 4.78 is 28.5. The normalized spacial score (nSPS) is 11.1. The Morgan fingerprint density at radius 3 is 2.62 bits per heavy atom. The maximum atomic E-state index is 12.4. The van der Waals surface area contributed by atoms with Gasteiger partial charge in [-0.1, -0.05) is 11.6 Å². The molecule has 7 nitrogen and oxygen atoms in total. The predicted molar refractivity (Wildman–Crippen MR) is 79.3 cm³/mol. The van der Waals surface area contributed by atoms with Crippen LogP contribution in [0.4, 0.5) is 11.5 Å². The lowest BCUT2D eigenvalue weighted by Gasteiger charge is -2.09. The molecule has 9 heteroatoms. The number of nitrogens with two attached hydrogens (primary N) is 1. The minimum Gasteiger partial charge on any atom is -0.381 e. The topological polar surface area (TPSA) is 114 Å². The summed E-state index contributed by atoms with van der Waals surface area (Å²) in [6, 6.07) is 6.14. The first-order valence-electron chi connectivity index (χ1n) is 5.78. The third kappa shape index (κ3) is 2.79. The SMILES string of the molecule is Cc1c(S(=O)(=O)Nc2ccc(C#N)c(Cl)c2)c(N)nn1C. The van der Waals surface area contributed by atoms with Gasteiger partial charge in [0.2, 0.25) is 0 Å². The second-order valence-electron chi connectivity index (χ2n) is 4.34. The molecule has 0 aliphatic rings. The van der Waals surface area contributed by atoms with E-state index in [1.165, 1.54) is 22.9 Å². The summed E-state index contributed by atoms with van der Waals surface area (Å²) in [7, 11) is -2.29. The summed E-state index contributed by atoms with van der Waals surface area (Å²) in [5, 5.41) is 12.8. The Hall–Kier alpha value is -2.24. The fraction of sp³-hybridized carbons (Fsp3) is 0.167. The largest absolute Gasteiger partial charge is 0.381 e. The predicted octanol–water partition coefficient (Wildman–Crippen LogP) is 1.64. The molecule has 1 aromatic heterocycles. The van der Waals surface area contributed by atoms with Crippen molar-refractivity contribution in [2.45, 2.75) is 11.8 Å². The fourth-order valence-electron chi connectivity index (χ4n) is 1.82. The van der Waals surface area contributed by atoms with Gasteiger partial charge >= 0.3 is 0 Å². The number of hydrogen-bond donors (Lipinski definition) is 2. The standard InChI is InChI=1S/C12H12ClN5O2S/c1-7-11(12(15)16-18(7)2)21(19,20)17-9-4-3-8(6-14)10(13)5-9/h3-5,17H,1-2H3,(H2,15,16). The number of nitriles is 1. The van der Waals surface area contributed by atoms with Gasteiger partial charge < -0.3 is 5.73 Å². The quantitative estimate of drug-likeness (QED) is 0.890. The maximum absolute atomic E-state index is 12.4. The van der Waals surface area contributed by atoms with Crippen LogP contribution in [0.1, 0.15) is 11.3 Å². The van der Waals surface area contributed by atoms with E-state index in [1.807, 2.05) is 6.07 Å². The zero-order valence-corrected chi connectivity index (χ0v) is 12.8. The minimum atomic E-state index is -3.89. The molecule has 0 unspecified atom stereocenters. The van der Waals surface area contributed by atoms with Gasteiger partial charge in [0, 0.05) is 7.05 Å². The van der Waals surface area contributed by atoms with Crippen molar-refractivity contribution >= 4 is 33.1 Å². The van der Waals surface area contributed by atoms with Crippen LogP contribution in [-0.4, -0.2) is 18.2 Å². The van der Waals surface area contributed by atoms with Gasteiger partial charge in [0.25, 0.3) is 10.0 Å². The van der Waals surface area contributed by atoms with Gasteiger partial charge in [0.1, 0.15) is 6.07 Å². The van der Waals surface area contributed by atoms with E-state index in [0.717, 1.165) is 0 Å². The van der Waals surface area contributed by atoms with E-state index in [9.17, 15) is 8.42 Å². The van der Waals surface area contributed by atoms with E-state index < -0.39 is 10.0 Å². The highest BCUT2D eigenvalue weighted by atomic mass is 35.5. The molecule has 110 valence electrons. The fourth-order valence-corrected chi connectivity index (χ4v) is 3.42. The number of rotatable bonds is 3. The van der Waals surface area contributed by atoms with E-state index in [4.69, 9.17) is 22.6 Å². The Morgan fingerprint density at radius 2 is 2.14 bits per heavy atom. The van der Waals surface area contributed by atoms with Gasteiger partial charge in [0.15, 0.2) is 10.7 Å².